The molecule has 1 atom stereocenters. The van der Waals surface area contributed by atoms with Gasteiger partial charge in [-0.2, -0.15) is 5.10 Å². The minimum absolute atomic E-state index is 0.0142. The first-order chi connectivity index (χ1) is 9.33. The van der Waals surface area contributed by atoms with Crippen LogP contribution in [0, 0.1) is 5.41 Å². The van der Waals surface area contributed by atoms with Crippen LogP contribution in [0.5, 0.6) is 0 Å². The van der Waals surface area contributed by atoms with E-state index >= 15 is 0 Å². The van der Waals surface area contributed by atoms with Gasteiger partial charge in [-0.3, -0.25) is 9.48 Å². The van der Waals surface area contributed by atoms with Crippen LogP contribution in [0.2, 0.25) is 0 Å². The van der Waals surface area contributed by atoms with Crippen LogP contribution in [0.25, 0.3) is 0 Å². The molecule has 0 spiro atoms. The number of nitrogens with two attached hydrogens (primary N) is 1. The van der Waals surface area contributed by atoms with Crippen LogP contribution < -0.4 is 11.1 Å². The second kappa shape index (κ2) is 6.88. The summed E-state index contributed by atoms with van der Waals surface area (Å²) < 4.78 is 1.76. The highest BCUT2D eigenvalue weighted by Crippen LogP contribution is 2.22. The van der Waals surface area contributed by atoms with Crippen molar-refractivity contribution in [3.8, 4) is 0 Å². The van der Waals surface area contributed by atoms with Crippen LogP contribution in [-0.4, -0.2) is 28.3 Å². The largest absolute Gasteiger partial charge is 0.347 e. The lowest BCUT2D eigenvalue weighted by Gasteiger charge is -2.31. The van der Waals surface area contributed by atoms with Gasteiger partial charge >= 0.3 is 0 Å². The van der Waals surface area contributed by atoms with E-state index in [1.165, 1.54) is 0 Å². The molecule has 5 heteroatoms. The zero-order valence-electron chi connectivity index (χ0n) is 13.4. The second-order valence-corrected chi connectivity index (χ2v) is 6.16. The summed E-state index contributed by atoms with van der Waals surface area (Å²) in [5.74, 6) is -0.0626. The number of aromatic nitrogens is 2. The molecule has 1 heterocycles. The normalized spacial score (nSPS) is 13.3. The Balaban J connectivity index is 2.91. The molecule has 1 aromatic heterocycles. The van der Waals surface area contributed by atoms with Crippen molar-refractivity contribution in [3.05, 3.63) is 17.5 Å². The van der Waals surface area contributed by atoms with Gasteiger partial charge in [0, 0.05) is 12.6 Å². The Hall–Kier alpha value is -1.36. The fraction of sp³-hybridized carbons (Fsp3) is 0.733. The molecule has 1 rings (SSSR count). The monoisotopic (exact) mass is 280 g/mol. The van der Waals surface area contributed by atoms with Crippen molar-refractivity contribution in [2.45, 2.75) is 60.0 Å². The van der Waals surface area contributed by atoms with E-state index in [1.807, 2.05) is 19.9 Å². The highest BCUT2D eigenvalue weighted by Gasteiger charge is 2.27. The summed E-state index contributed by atoms with van der Waals surface area (Å²) >= 11 is 0. The summed E-state index contributed by atoms with van der Waals surface area (Å²) in [6.45, 7) is 11.6. The van der Waals surface area contributed by atoms with E-state index in [1.54, 1.807) is 4.68 Å². The van der Waals surface area contributed by atoms with Crippen molar-refractivity contribution in [1.82, 2.24) is 15.1 Å². The number of aryl methyl sites for hydroxylation is 2. The Bertz CT molecular complexity index is 445. The molecule has 114 valence electrons. The predicted octanol–water partition coefficient (Wildman–Crippen LogP) is 1.96. The summed E-state index contributed by atoms with van der Waals surface area (Å²) in [7, 11) is 0. The Morgan fingerprint density at radius 2 is 2.10 bits per heavy atom. The first-order valence-electron chi connectivity index (χ1n) is 7.41. The first kappa shape index (κ1) is 16.7. The van der Waals surface area contributed by atoms with Gasteiger partial charge in [0.15, 0.2) is 0 Å². The minimum Gasteiger partial charge on any atom is -0.347 e. The zero-order valence-corrected chi connectivity index (χ0v) is 13.4. The van der Waals surface area contributed by atoms with Gasteiger partial charge in [0.25, 0.3) is 5.91 Å². The molecule has 5 nitrogen and oxygen atoms in total. The summed E-state index contributed by atoms with van der Waals surface area (Å²) in [6, 6.07) is 1.94. The third kappa shape index (κ3) is 4.07. The fourth-order valence-corrected chi connectivity index (χ4v) is 2.19. The van der Waals surface area contributed by atoms with Gasteiger partial charge in [-0.25, -0.2) is 0 Å². The smallest absolute Gasteiger partial charge is 0.269 e. The Labute approximate surface area is 121 Å². The molecule has 1 unspecified atom stereocenters. The van der Waals surface area contributed by atoms with Crippen LogP contribution >= 0.6 is 0 Å². The highest BCUT2D eigenvalue weighted by molar-refractivity contribution is 5.93. The van der Waals surface area contributed by atoms with Gasteiger partial charge in [0.2, 0.25) is 0 Å². The first-order valence-corrected chi connectivity index (χ1v) is 7.41. The SMILES string of the molecule is CCc1cc(C(=O)NC(CCN)C(C)(C)C)n(CC)n1. The van der Waals surface area contributed by atoms with Crippen molar-refractivity contribution in [3.63, 3.8) is 0 Å². The Morgan fingerprint density at radius 3 is 2.55 bits per heavy atom. The molecule has 0 fully saturated rings. The molecular weight excluding hydrogens is 252 g/mol. The third-order valence-corrected chi connectivity index (χ3v) is 3.53. The maximum absolute atomic E-state index is 12.5. The van der Waals surface area contributed by atoms with E-state index in [9.17, 15) is 4.79 Å². The van der Waals surface area contributed by atoms with Gasteiger partial charge < -0.3 is 11.1 Å². The number of carbonyl (C=O) groups excluding carboxylic acids is 1. The van der Waals surface area contributed by atoms with Crippen molar-refractivity contribution in [1.29, 1.82) is 0 Å². The second-order valence-electron chi connectivity index (χ2n) is 6.16. The number of nitrogens with zero attached hydrogens (tertiary/aromatic N) is 2. The van der Waals surface area contributed by atoms with Gasteiger partial charge in [0.1, 0.15) is 5.69 Å². The van der Waals surface area contributed by atoms with Crippen molar-refractivity contribution < 1.29 is 4.79 Å². The number of amides is 1. The lowest BCUT2D eigenvalue weighted by atomic mass is 9.84. The van der Waals surface area contributed by atoms with Crippen molar-refractivity contribution in [2.24, 2.45) is 11.1 Å². The quantitative estimate of drug-likeness (QED) is 0.836. The maximum Gasteiger partial charge on any atom is 0.269 e. The highest BCUT2D eigenvalue weighted by atomic mass is 16.2. The maximum atomic E-state index is 12.5. The molecule has 0 radical (unpaired) electrons. The molecule has 1 aromatic rings. The molecule has 0 aliphatic heterocycles. The molecule has 0 saturated carbocycles. The van der Waals surface area contributed by atoms with Crippen LogP contribution in [-0.2, 0) is 13.0 Å². The van der Waals surface area contributed by atoms with E-state index < -0.39 is 0 Å². The molecular formula is C15H28N4O. The number of nitrogens with one attached hydrogen (secondary N) is 1. The van der Waals surface area contributed by atoms with Crippen LogP contribution in [0.15, 0.2) is 6.07 Å². The average molecular weight is 280 g/mol. The van der Waals surface area contributed by atoms with E-state index in [2.05, 4.69) is 31.2 Å². The summed E-state index contributed by atoms with van der Waals surface area (Å²) in [4.78, 5) is 12.5. The number of rotatable bonds is 6. The molecule has 3 N–H and O–H groups in total. The molecule has 0 aliphatic carbocycles. The summed E-state index contributed by atoms with van der Waals surface area (Å²) in [6.07, 6.45) is 1.61. The van der Waals surface area contributed by atoms with E-state index in [4.69, 9.17) is 5.73 Å². The standard InChI is InChI=1S/C15H28N4O/c1-6-11-10-12(19(7-2)18-11)14(20)17-13(8-9-16)15(3,4)5/h10,13H,6-9,16H2,1-5H3,(H,17,20). The van der Waals surface area contributed by atoms with Gasteiger partial charge in [0.05, 0.1) is 5.69 Å². The number of hydrogen-bond acceptors (Lipinski definition) is 3. The molecule has 20 heavy (non-hydrogen) atoms. The average Bonchev–Trinajstić information content (AvgIpc) is 2.80. The predicted molar refractivity (Wildman–Crippen MR) is 81.7 cm³/mol. The summed E-state index contributed by atoms with van der Waals surface area (Å²) in [5, 5.41) is 7.52. The molecule has 0 saturated heterocycles. The van der Waals surface area contributed by atoms with Crippen LogP contribution in [0.4, 0.5) is 0 Å². The number of hydrogen-bond donors (Lipinski definition) is 2. The molecule has 0 aromatic carbocycles. The van der Waals surface area contributed by atoms with Crippen molar-refractivity contribution >= 4 is 5.91 Å². The van der Waals surface area contributed by atoms with Crippen molar-refractivity contribution in [2.75, 3.05) is 6.54 Å². The number of carbonyl (C=O) groups is 1. The van der Waals surface area contributed by atoms with E-state index in [-0.39, 0.29) is 17.4 Å². The zero-order chi connectivity index (χ0) is 15.3. The van der Waals surface area contributed by atoms with Crippen LogP contribution in [0.3, 0.4) is 0 Å². The van der Waals surface area contributed by atoms with Gasteiger partial charge in [-0.15, -0.1) is 0 Å². The Morgan fingerprint density at radius 1 is 1.45 bits per heavy atom. The lowest BCUT2D eigenvalue weighted by molar-refractivity contribution is 0.0888. The molecule has 0 bridgehead atoms. The lowest BCUT2D eigenvalue weighted by Crippen LogP contribution is -2.45. The minimum atomic E-state index is -0.0626. The topological polar surface area (TPSA) is 72.9 Å². The Kier molecular flexibility index (Phi) is 5.74. The van der Waals surface area contributed by atoms with E-state index in [0.29, 0.717) is 18.8 Å². The summed E-state index contributed by atoms with van der Waals surface area (Å²) in [5.41, 5.74) is 7.22. The third-order valence-electron chi connectivity index (χ3n) is 3.53. The van der Waals surface area contributed by atoms with Gasteiger partial charge in [-0.1, -0.05) is 27.7 Å². The van der Waals surface area contributed by atoms with E-state index in [0.717, 1.165) is 18.5 Å². The fourth-order valence-electron chi connectivity index (χ4n) is 2.19. The van der Waals surface area contributed by atoms with Crippen LogP contribution in [0.1, 0.15) is 57.2 Å². The molecule has 0 aliphatic rings. The van der Waals surface area contributed by atoms with Gasteiger partial charge in [-0.05, 0) is 37.8 Å². The molecule has 1 amide bonds.